The van der Waals surface area contributed by atoms with Gasteiger partial charge in [-0.05, 0) is 32.2 Å². The zero-order valence-corrected chi connectivity index (χ0v) is 10.4. The Balaban J connectivity index is 1.86. The standard InChI is InChI=1S/C12H21N5/c1-2-9-8-16-12(13)17-11(9)15-7-5-10-4-3-6-14-10/h8,10,14H,2-7H2,1H3,(H3,13,15,16,17). The summed E-state index contributed by atoms with van der Waals surface area (Å²) in [5.41, 5.74) is 6.73. The summed E-state index contributed by atoms with van der Waals surface area (Å²) in [6.45, 7) is 4.19. The molecule has 4 N–H and O–H groups in total. The molecule has 1 aromatic rings. The third-order valence-corrected chi connectivity index (χ3v) is 3.21. The van der Waals surface area contributed by atoms with E-state index >= 15 is 0 Å². The largest absolute Gasteiger partial charge is 0.370 e. The van der Waals surface area contributed by atoms with Crippen molar-refractivity contribution in [1.29, 1.82) is 0 Å². The molecule has 0 radical (unpaired) electrons. The van der Waals surface area contributed by atoms with Crippen molar-refractivity contribution in [3.63, 3.8) is 0 Å². The van der Waals surface area contributed by atoms with Crippen LogP contribution in [0.25, 0.3) is 0 Å². The maximum Gasteiger partial charge on any atom is 0.221 e. The molecule has 0 aliphatic carbocycles. The lowest BCUT2D eigenvalue weighted by atomic mass is 10.1. The fraction of sp³-hybridized carbons (Fsp3) is 0.667. The number of nitrogens with zero attached hydrogens (tertiary/aromatic N) is 2. The molecule has 0 aromatic carbocycles. The van der Waals surface area contributed by atoms with Gasteiger partial charge >= 0.3 is 0 Å². The molecule has 94 valence electrons. The van der Waals surface area contributed by atoms with E-state index < -0.39 is 0 Å². The quantitative estimate of drug-likeness (QED) is 0.714. The van der Waals surface area contributed by atoms with Crippen LogP contribution in [-0.2, 0) is 6.42 Å². The van der Waals surface area contributed by atoms with Crippen molar-refractivity contribution in [3.8, 4) is 0 Å². The van der Waals surface area contributed by atoms with Crippen molar-refractivity contribution in [2.75, 3.05) is 24.1 Å². The molecule has 0 spiro atoms. The number of aryl methyl sites for hydroxylation is 1. The Morgan fingerprint density at radius 1 is 1.59 bits per heavy atom. The van der Waals surface area contributed by atoms with E-state index in [1.54, 1.807) is 6.20 Å². The molecule has 0 saturated carbocycles. The summed E-state index contributed by atoms with van der Waals surface area (Å²) in [6, 6.07) is 0.659. The SMILES string of the molecule is CCc1cnc(N)nc1NCCC1CCCN1. The van der Waals surface area contributed by atoms with E-state index in [1.165, 1.54) is 12.8 Å². The summed E-state index contributed by atoms with van der Waals surface area (Å²) in [5.74, 6) is 1.22. The van der Waals surface area contributed by atoms with Crippen LogP contribution < -0.4 is 16.4 Å². The summed E-state index contributed by atoms with van der Waals surface area (Å²) >= 11 is 0. The van der Waals surface area contributed by atoms with Crippen LogP contribution in [-0.4, -0.2) is 29.1 Å². The van der Waals surface area contributed by atoms with Gasteiger partial charge in [0.25, 0.3) is 0 Å². The lowest BCUT2D eigenvalue weighted by Gasteiger charge is -2.13. The monoisotopic (exact) mass is 235 g/mol. The average Bonchev–Trinajstić information content (AvgIpc) is 2.82. The second-order valence-electron chi connectivity index (χ2n) is 4.46. The Hall–Kier alpha value is -1.36. The fourth-order valence-electron chi connectivity index (χ4n) is 2.20. The molecule has 1 aromatic heterocycles. The maximum atomic E-state index is 5.60. The molecule has 1 atom stereocenters. The van der Waals surface area contributed by atoms with Gasteiger partial charge < -0.3 is 16.4 Å². The number of hydrogen-bond donors (Lipinski definition) is 3. The molecule has 17 heavy (non-hydrogen) atoms. The highest BCUT2D eigenvalue weighted by Crippen LogP contribution is 2.14. The predicted molar refractivity (Wildman–Crippen MR) is 70.0 cm³/mol. The van der Waals surface area contributed by atoms with E-state index in [1.807, 2.05) is 0 Å². The smallest absolute Gasteiger partial charge is 0.221 e. The van der Waals surface area contributed by atoms with Gasteiger partial charge in [-0.15, -0.1) is 0 Å². The van der Waals surface area contributed by atoms with Crippen LogP contribution in [0.4, 0.5) is 11.8 Å². The van der Waals surface area contributed by atoms with Crippen LogP contribution in [0.15, 0.2) is 6.20 Å². The molecule has 5 heteroatoms. The molecular formula is C12H21N5. The highest BCUT2D eigenvalue weighted by molar-refractivity contribution is 5.45. The first-order valence-electron chi connectivity index (χ1n) is 6.38. The van der Waals surface area contributed by atoms with Gasteiger partial charge in [-0.3, -0.25) is 0 Å². The molecule has 2 heterocycles. The molecule has 1 aliphatic heterocycles. The average molecular weight is 235 g/mol. The van der Waals surface area contributed by atoms with Crippen molar-refractivity contribution >= 4 is 11.8 Å². The summed E-state index contributed by atoms with van der Waals surface area (Å²) in [4.78, 5) is 8.25. The minimum absolute atomic E-state index is 0.337. The molecular weight excluding hydrogens is 214 g/mol. The van der Waals surface area contributed by atoms with E-state index in [0.717, 1.165) is 37.3 Å². The highest BCUT2D eigenvalue weighted by Gasteiger charge is 2.13. The lowest BCUT2D eigenvalue weighted by molar-refractivity contribution is 0.574. The van der Waals surface area contributed by atoms with Gasteiger partial charge in [0.05, 0.1) is 0 Å². The second-order valence-corrected chi connectivity index (χ2v) is 4.46. The number of anilines is 2. The highest BCUT2D eigenvalue weighted by atomic mass is 15.1. The number of aromatic nitrogens is 2. The molecule has 1 unspecified atom stereocenters. The van der Waals surface area contributed by atoms with Crippen LogP contribution in [0.3, 0.4) is 0 Å². The van der Waals surface area contributed by atoms with Crippen LogP contribution >= 0.6 is 0 Å². The van der Waals surface area contributed by atoms with Gasteiger partial charge in [-0.1, -0.05) is 6.92 Å². The maximum absolute atomic E-state index is 5.60. The Morgan fingerprint density at radius 3 is 3.18 bits per heavy atom. The first kappa shape index (κ1) is 12.1. The van der Waals surface area contributed by atoms with Crippen LogP contribution in [0.1, 0.15) is 31.7 Å². The summed E-state index contributed by atoms with van der Waals surface area (Å²) < 4.78 is 0. The van der Waals surface area contributed by atoms with Crippen molar-refractivity contribution in [3.05, 3.63) is 11.8 Å². The van der Waals surface area contributed by atoms with Gasteiger partial charge in [0, 0.05) is 24.3 Å². The first-order chi connectivity index (χ1) is 8.29. The van der Waals surface area contributed by atoms with Crippen molar-refractivity contribution in [2.24, 2.45) is 0 Å². The van der Waals surface area contributed by atoms with Gasteiger partial charge in [0.1, 0.15) is 5.82 Å². The molecule has 2 rings (SSSR count). The molecule has 1 aliphatic rings. The third kappa shape index (κ3) is 3.30. The number of nitrogens with two attached hydrogens (primary N) is 1. The summed E-state index contributed by atoms with van der Waals surface area (Å²) in [6.07, 6.45) is 6.44. The van der Waals surface area contributed by atoms with Gasteiger partial charge in [-0.2, -0.15) is 4.98 Å². The molecule has 0 amide bonds. The summed E-state index contributed by atoms with van der Waals surface area (Å²) in [7, 11) is 0. The van der Waals surface area contributed by atoms with E-state index in [9.17, 15) is 0 Å². The van der Waals surface area contributed by atoms with Crippen LogP contribution in [0.2, 0.25) is 0 Å². The Bertz CT molecular complexity index is 360. The predicted octanol–water partition coefficient (Wildman–Crippen LogP) is 1.18. The minimum atomic E-state index is 0.337. The molecule has 1 fully saturated rings. The number of rotatable bonds is 5. The van der Waals surface area contributed by atoms with E-state index in [4.69, 9.17) is 5.73 Å². The number of nitrogen functional groups attached to an aromatic ring is 1. The summed E-state index contributed by atoms with van der Waals surface area (Å²) in [5, 5.41) is 6.85. The molecule has 0 bridgehead atoms. The van der Waals surface area contributed by atoms with Crippen LogP contribution in [0.5, 0.6) is 0 Å². The van der Waals surface area contributed by atoms with Gasteiger partial charge in [0.2, 0.25) is 5.95 Å². The Morgan fingerprint density at radius 2 is 2.47 bits per heavy atom. The van der Waals surface area contributed by atoms with E-state index in [-0.39, 0.29) is 0 Å². The second kappa shape index (κ2) is 5.82. The lowest BCUT2D eigenvalue weighted by Crippen LogP contribution is -2.24. The molecule has 1 saturated heterocycles. The van der Waals surface area contributed by atoms with Crippen molar-refractivity contribution in [2.45, 2.75) is 38.6 Å². The normalized spacial score (nSPS) is 19.5. The Kier molecular flexibility index (Phi) is 4.14. The topological polar surface area (TPSA) is 75.9 Å². The van der Waals surface area contributed by atoms with Gasteiger partial charge in [0.15, 0.2) is 0 Å². The van der Waals surface area contributed by atoms with Crippen molar-refractivity contribution < 1.29 is 0 Å². The number of hydrogen-bond acceptors (Lipinski definition) is 5. The van der Waals surface area contributed by atoms with E-state index in [2.05, 4.69) is 27.5 Å². The molecule has 5 nitrogen and oxygen atoms in total. The van der Waals surface area contributed by atoms with E-state index in [0.29, 0.717) is 12.0 Å². The van der Waals surface area contributed by atoms with Gasteiger partial charge in [-0.25, -0.2) is 4.98 Å². The van der Waals surface area contributed by atoms with Crippen LogP contribution in [0, 0.1) is 0 Å². The first-order valence-corrected chi connectivity index (χ1v) is 6.38. The fourth-order valence-corrected chi connectivity index (χ4v) is 2.20. The Labute approximate surface area is 102 Å². The van der Waals surface area contributed by atoms with Crippen molar-refractivity contribution in [1.82, 2.24) is 15.3 Å². The zero-order chi connectivity index (χ0) is 12.1. The zero-order valence-electron chi connectivity index (χ0n) is 10.4. The third-order valence-electron chi connectivity index (χ3n) is 3.21. The minimum Gasteiger partial charge on any atom is -0.370 e. The number of nitrogens with one attached hydrogen (secondary N) is 2.